The summed E-state index contributed by atoms with van der Waals surface area (Å²) in [5.41, 5.74) is 1.20. The van der Waals surface area contributed by atoms with Crippen molar-refractivity contribution in [3.63, 3.8) is 0 Å². The van der Waals surface area contributed by atoms with Crippen LogP contribution in [0.1, 0.15) is 12.5 Å². The van der Waals surface area contributed by atoms with E-state index >= 15 is 0 Å². The quantitative estimate of drug-likeness (QED) is 0.755. The van der Waals surface area contributed by atoms with E-state index in [0.29, 0.717) is 0 Å². The van der Waals surface area contributed by atoms with Crippen LogP contribution < -0.4 is 14.8 Å². The van der Waals surface area contributed by atoms with E-state index < -0.39 is 0 Å². The molecule has 0 aliphatic carbocycles. The van der Waals surface area contributed by atoms with Crippen LogP contribution in [0.3, 0.4) is 0 Å². The van der Waals surface area contributed by atoms with Crippen molar-refractivity contribution >= 4 is 0 Å². The van der Waals surface area contributed by atoms with Crippen molar-refractivity contribution in [3.05, 3.63) is 23.8 Å². The maximum Gasteiger partial charge on any atom is 0.131 e. The summed E-state index contributed by atoms with van der Waals surface area (Å²) in [5, 5.41) is 2.23. The Hall–Kier alpha value is -1.22. The van der Waals surface area contributed by atoms with Crippen LogP contribution >= 0.6 is 0 Å². The molecule has 1 aromatic rings. The summed E-state index contributed by atoms with van der Waals surface area (Å²) in [4.78, 5) is 0. The van der Waals surface area contributed by atoms with Crippen molar-refractivity contribution in [3.8, 4) is 11.5 Å². The Morgan fingerprint density at radius 2 is 2.00 bits per heavy atom. The molecule has 3 nitrogen and oxygen atoms in total. The Labute approximate surface area is 85.0 Å². The number of hydrogen-bond donors (Lipinski definition) is 1. The third-order valence-electron chi connectivity index (χ3n) is 2.15. The summed E-state index contributed by atoms with van der Waals surface area (Å²) in [7, 11) is 3.34. The van der Waals surface area contributed by atoms with Gasteiger partial charge in [0, 0.05) is 11.6 Å². The second-order valence-electron chi connectivity index (χ2n) is 3.08. The van der Waals surface area contributed by atoms with E-state index in [1.165, 1.54) is 5.56 Å². The molecule has 0 heterocycles. The molecule has 1 aromatic carbocycles. The van der Waals surface area contributed by atoms with Crippen LogP contribution in [0.4, 0.5) is 0 Å². The largest absolute Gasteiger partial charge is 0.497 e. The fourth-order valence-electron chi connectivity index (χ4n) is 1.32. The Kier molecular flexibility index (Phi) is 4.26. The molecule has 2 N–H and O–H groups in total. The number of nitrogens with two attached hydrogens (primary N) is 1. The van der Waals surface area contributed by atoms with Crippen LogP contribution in [0.25, 0.3) is 0 Å². The first kappa shape index (κ1) is 10.9. The van der Waals surface area contributed by atoms with Gasteiger partial charge in [0.25, 0.3) is 0 Å². The van der Waals surface area contributed by atoms with Gasteiger partial charge in [-0.15, -0.1) is 0 Å². The number of rotatable bonds is 5. The van der Waals surface area contributed by atoms with Gasteiger partial charge in [0.15, 0.2) is 0 Å². The number of quaternary nitrogens is 1. The van der Waals surface area contributed by atoms with Gasteiger partial charge in [-0.1, -0.05) is 0 Å². The van der Waals surface area contributed by atoms with Crippen LogP contribution in [0.2, 0.25) is 0 Å². The highest BCUT2D eigenvalue weighted by Gasteiger charge is 2.05. The maximum absolute atomic E-state index is 5.28. The highest BCUT2D eigenvalue weighted by atomic mass is 16.5. The minimum absolute atomic E-state index is 0.835. The summed E-state index contributed by atoms with van der Waals surface area (Å²) >= 11 is 0. The molecule has 3 heteroatoms. The minimum Gasteiger partial charge on any atom is -0.497 e. The van der Waals surface area contributed by atoms with E-state index in [2.05, 4.69) is 12.2 Å². The summed E-state index contributed by atoms with van der Waals surface area (Å²) < 4.78 is 10.4. The lowest BCUT2D eigenvalue weighted by molar-refractivity contribution is -0.667. The Morgan fingerprint density at radius 3 is 2.57 bits per heavy atom. The Morgan fingerprint density at radius 1 is 1.21 bits per heavy atom. The van der Waals surface area contributed by atoms with Crippen molar-refractivity contribution < 1.29 is 14.8 Å². The predicted octanol–water partition coefficient (Wildman–Crippen LogP) is 0.787. The molecule has 0 unspecified atom stereocenters. The number of methoxy groups -OCH3 is 2. The molecule has 78 valence electrons. The molecule has 1 rings (SSSR count). The highest BCUT2D eigenvalue weighted by Crippen LogP contribution is 2.23. The van der Waals surface area contributed by atoms with Crippen molar-refractivity contribution in [1.29, 1.82) is 0 Å². The zero-order valence-electron chi connectivity index (χ0n) is 9.04. The van der Waals surface area contributed by atoms with E-state index in [1.807, 2.05) is 18.2 Å². The molecule has 0 radical (unpaired) electrons. The second kappa shape index (κ2) is 5.50. The smallest absolute Gasteiger partial charge is 0.131 e. The van der Waals surface area contributed by atoms with Crippen molar-refractivity contribution in [2.24, 2.45) is 0 Å². The highest BCUT2D eigenvalue weighted by molar-refractivity contribution is 5.40. The lowest BCUT2D eigenvalue weighted by Gasteiger charge is -2.08. The molecular weight excluding hydrogens is 178 g/mol. The maximum atomic E-state index is 5.28. The van der Waals surface area contributed by atoms with Crippen molar-refractivity contribution in [1.82, 2.24) is 0 Å². The van der Waals surface area contributed by atoms with E-state index in [9.17, 15) is 0 Å². The van der Waals surface area contributed by atoms with Crippen LogP contribution in [0.5, 0.6) is 11.5 Å². The van der Waals surface area contributed by atoms with Gasteiger partial charge >= 0.3 is 0 Å². The van der Waals surface area contributed by atoms with Crippen molar-refractivity contribution in [2.75, 3.05) is 20.8 Å². The summed E-state index contributed by atoms with van der Waals surface area (Å²) in [6.45, 7) is 4.16. The van der Waals surface area contributed by atoms with E-state index in [4.69, 9.17) is 9.47 Å². The number of ether oxygens (including phenoxy) is 2. The van der Waals surface area contributed by atoms with Crippen LogP contribution in [-0.2, 0) is 6.54 Å². The van der Waals surface area contributed by atoms with Gasteiger partial charge in [-0.3, -0.25) is 0 Å². The first-order valence-electron chi connectivity index (χ1n) is 4.84. The molecule has 0 fully saturated rings. The molecule has 0 aliphatic heterocycles. The lowest BCUT2D eigenvalue weighted by Crippen LogP contribution is -2.81. The first-order chi connectivity index (χ1) is 6.81. The summed E-state index contributed by atoms with van der Waals surface area (Å²) in [5.74, 6) is 1.73. The second-order valence-corrected chi connectivity index (χ2v) is 3.08. The van der Waals surface area contributed by atoms with E-state index in [1.54, 1.807) is 14.2 Å². The van der Waals surface area contributed by atoms with Gasteiger partial charge in [0.1, 0.15) is 18.0 Å². The normalized spacial score (nSPS) is 9.93. The monoisotopic (exact) mass is 196 g/mol. The third kappa shape index (κ3) is 2.64. The fourth-order valence-corrected chi connectivity index (χ4v) is 1.32. The zero-order valence-corrected chi connectivity index (χ0v) is 9.04. The predicted molar refractivity (Wildman–Crippen MR) is 55.7 cm³/mol. The van der Waals surface area contributed by atoms with Crippen LogP contribution in [0.15, 0.2) is 18.2 Å². The molecule has 0 spiro atoms. The molecule has 0 saturated heterocycles. The molecule has 0 atom stereocenters. The van der Waals surface area contributed by atoms with Gasteiger partial charge in [-0.2, -0.15) is 0 Å². The van der Waals surface area contributed by atoms with Gasteiger partial charge in [-0.05, 0) is 19.1 Å². The number of hydrogen-bond acceptors (Lipinski definition) is 2. The molecule has 0 saturated carbocycles. The Bertz CT molecular complexity index is 287. The average Bonchev–Trinajstić information content (AvgIpc) is 2.26. The SMILES string of the molecule is CC[NH2+]Cc1ccc(OC)cc1OC. The van der Waals surface area contributed by atoms with Crippen LogP contribution in [-0.4, -0.2) is 20.8 Å². The van der Waals surface area contributed by atoms with E-state index in [-0.39, 0.29) is 0 Å². The van der Waals surface area contributed by atoms with E-state index in [0.717, 1.165) is 24.6 Å². The lowest BCUT2D eigenvalue weighted by atomic mass is 10.2. The zero-order chi connectivity index (χ0) is 10.4. The molecule has 0 aliphatic rings. The summed E-state index contributed by atoms with van der Waals surface area (Å²) in [6.07, 6.45) is 0. The first-order valence-corrected chi connectivity index (χ1v) is 4.84. The molecule has 0 bridgehead atoms. The minimum atomic E-state index is 0.835. The molecule has 0 amide bonds. The Balaban J connectivity index is 2.82. The van der Waals surface area contributed by atoms with Gasteiger partial charge in [-0.25, -0.2) is 0 Å². The fraction of sp³-hybridized carbons (Fsp3) is 0.455. The average molecular weight is 196 g/mol. The molecule has 0 aromatic heterocycles. The van der Waals surface area contributed by atoms with Crippen LogP contribution in [0, 0.1) is 0 Å². The molecular formula is C11H18NO2+. The van der Waals surface area contributed by atoms with Gasteiger partial charge < -0.3 is 14.8 Å². The molecule has 14 heavy (non-hydrogen) atoms. The standard InChI is InChI=1S/C11H17NO2/c1-4-12-8-9-5-6-10(13-2)7-11(9)14-3/h5-7,12H,4,8H2,1-3H3/p+1. The summed E-state index contributed by atoms with van der Waals surface area (Å²) in [6, 6.07) is 5.92. The van der Waals surface area contributed by atoms with Gasteiger partial charge in [0.2, 0.25) is 0 Å². The number of benzene rings is 1. The van der Waals surface area contributed by atoms with Crippen molar-refractivity contribution in [2.45, 2.75) is 13.5 Å². The van der Waals surface area contributed by atoms with Gasteiger partial charge in [0.05, 0.1) is 20.8 Å². The topological polar surface area (TPSA) is 35.1 Å². The third-order valence-corrected chi connectivity index (χ3v) is 2.15.